The Kier molecular flexibility index (Phi) is 5.07. The number of aldehydes is 1. The highest BCUT2D eigenvalue weighted by Crippen LogP contribution is 2.33. The molecule has 0 saturated heterocycles. The Morgan fingerprint density at radius 3 is 2.72 bits per heavy atom. The van der Waals surface area contributed by atoms with Gasteiger partial charge in [-0.25, -0.2) is 9.37 Å². The summed E-state index contributed by atoms with van der Waals surface area (Å²) in [4.78, 5) is 14.8. The van der Waals surface area contributed by atoms with E-state index in [1.54, 1.807) is 25.1 Å². The third-order valence-electron chi connectivity index (χ3n) is 2.87. The predicted molar refractivity (Wildman–Crippen MR) is 68.7 cm³/mol. The molecule has 1 aliphatic heterocycles. The summed E-state index contributed by atoms with van der Waals surface area (Å²) in [5, 5.41) is 0. The number of carbonyl (C=O) groups is 1. The molecule has 1 aromatic heterocycles. The molecular weight excluding hydrogens is 235 g/mol. The summed E-state index contributed by atoms with van der Waals surface area (Å²) >= 11 is 0. The average molecular weight is 254 g/mol. The van der Waals surface area contributed by atoms with Gasteiger partial charge in [0.05, 0.1) is 18.5 Å². The van der Waals surface area contributed by atoms with E-state index >= 15 is 0 Å². The molecule has 100 valence electrons. The number of pyridine rings is 1. The molecule has 0 radical (unpaired) electrons. The number of nitrogens with zero attached hydrogens (tertiary/aromatic N) is 2. The van der Waals surface area contributed by atoms with Crippen molar-refractivity contribution in [3.05, 3.63) is 17.8 Å². The maximum absolute atomic E-state index is 13.7. The Morgan fingerprint density at radius 1 is 1.56 bits per heavy atom. The van der Waals surface area contributed by atoms with E-state index in [1.807, 2.05) is 13.0 Å². The van der Waals surface area contributed by atoms with E-state index in [0.29, 0.717) is 12.3 Å². The molecule has 1 aromatic rings. The molecule has 0 N–H and O–H groups in total. The molecule has 4 nitrogen and oxygen atoms in total. The highest BCUT2D eigenvalue weighted by Gasteiger charge is 2.30. The fourth-order valence-electron chi connectivity index (χ4n) is 1.98. The Bertz CT molecular complexity index is 412. The minimum absolute atomic E-state index is 0.0258. The molecule has 0 fully saturated rings. The van der Waals surface area contributed by atoms with Crippen LogP contribution in [0.3, 0.4) is 0 Å². The van der Waals surface area contributed by atoms with Gasteiger partial charge in [-0.3, -0.25) is 0 Å². The van der Waals surface area contributed by atoms with Crippen LogP contribution < -0.4 is 9.64 Å². The first kappa shape index (κ1) is 14.4. The second kappa shape index (κ2) is 6.33. The number of aromatic nitrogens is 1. The number of alkyl halides is 1. The second-order valence-electron chi connectivity index (χ2n) is 4.22. The lowest BCUT2D eigenvalue weighted by molar-refractivity contribution is -0.106. The highest BCUT2D eigenvalue weighted by molar-refractivity contribution is 5.54. The van der Waals surface area contributed by atoms with Gasteiger partial charge in [0.1, 0.15) is 6.29 Å². The van der Waals surface area contributed by atoms with Crippen LogP contribution in [0.25, 0.3) is 0 Å². The fraction of sp³-hybridized carbons (Fsp3) is 0.538. The summed E-state index contributed by atoms with van der Waals surface area (Å²) in [6, 6.07) is 3.62. The van der Waals surface area contributed by atoms with Crippen molar-refractivity contribution in [2.24, 2.45) is 5.92 Å². The first-order valence-corrected chi connectivity index (χ1v) is 5.85. The zero-order valence-corrected chi connectivity index (χ0v) is 11.2. The molecule has 0 aromatic carbocycles. The first-order chi connectivity index (χ1) is 8.54. The largest absolute Gasteiger partial charge is 0.481 e. The molecule has 2 heterocycles. The molecule has 5 heteroatoms. The second-order valence-corrected chi connectivity index (χ2v) is 4.22. The number of rotatable bonds is 1. The van der Waals surface area contributed by atoms with Crippen molar-refractivity contribution >= 4 is 12.0 Å². The third-order valence-corrected chi connectivity index (χ3v) is 2.87. The van der Waals surface area contributed by atoms with E-state index in [4.69, 9.17) is 9.53 Å². The number of anilines is 1. The Balaban J connectivity index is 0.000000492. The van der Waals surface area contributed by atoms with Gasteiger partial charge >= 0.3 is 0 Å². The van der Waals surface area contributed by atoms with E-state index in [2.05, 4.69) is 4.98 Å². The molecule has 0 bridgehead atoms. The third kappa shape index (κ3) is 2.97. The fourth-order valence-corrected chi connectivity index (χ4v) is 1.98. The molecule has 0 aliphatic carbocycles. The molecule has 2 rings (SSSR count). The van der Waals surface area contributed by atoms with Crippen LogP contribution in [0, 0.1) is 5.92 Å². The van der Waals surface area contributed by atoms with Crippen LogP contribution in [0.5, 0.6) is 5.88 Å². The van der Waals surface area contributed by atoms with Gasteiger partial charge in [0.15, 0.2) is 6.30 Å². The van der Waals surface area contributed by atoms with Crippen molar-refractivity contribution in [1.29, 1.82) is 0 Å². The van der Waals surface area contributed by atoms with Gasteiger partial charge in [-0.1, -0.05) is 6.92 Å². The number of fused-ring (bicyclic) bond motifs is 1. The Hall–Kier alpha value is -1.65. The average Bonchev–Trinajstić information content (AvgIpc) is 2.36. The first-order valence-electron chi connectivity index (χ1n) is 5.85. The highest BCUT2D eigenvalue weighted by atomic mass is 19.1. The zero-order valence-electron chi connectivity index (χ0n) is 11.2. The maximum Gasteiger partial charge on any atom is 0.213 e. The van der Waals surface area contributed by atoms with Crippen LogP contribution >= 0.6 is 0 Å². The molecule has 0 amide bonds. The Morgan fingerprint density at radius 2 is 2.17 bits per heavy atom. The predicted octanol–water partition coefficient (Wildman–Crippen LogP) is 2.22. The van der Waals surface area contributed by atoms with Crippen LogP contribution in [0.4, 0.5) is 10.1 Å². The van der Waals surface area contributed by atoms with Crippen molar-refractivity contribution in [3.63, 3.8) is 0 Å². The van der Waals surface area contributed by atoms with Crippen LogP contribution in [0.15, 0.2) is 12.1 Å². The Labute approximate surface area is 107 Å². The summed E-state index contributed by atoms with van der Waals surface area (Å²) in [5.74, 6) is 0.564. The summed E-state index contributed by atoms with van der Waals surface area (Å²) in [5.41, 5.74) is 1.78. The molecule has 0 saturated carbocycles. The van der Waals surface area contributed by atoms with Crippen LogP contribution in [0.2, 0.25) is 0 Å². The van der Waals surface area contributed by atoms with Gasteiger partial charge in [0.2, 0.25) is 5.88 Å². The van der Waals surface area contributed by atoms with E-state index in [-0.39, 0.29) is 5.92 Å². The van der Waals surface area contributed by atoms with Crippen molar-refractivity contribution in [1.82, 2.24) is 4.98 Å². The number of carbonyl (C=O) groups excluding carboxylic acids is 1. The van der Waals surface area contributed by atoms with Gasteiger partial charge < -0.3 is 14.4 Å². The van der Waals surface area contributed by atoms with Crippen LogP contribution in [0.1, 0.15) is 19.5 Å². The molecule has 2 atom stereocenters. The van der Waals surface area contributed by atoms with Crippen molar-refractivity contribution in [3.8, 4) is 5.88 Å². The van der Waals surface area contributed by atoms with Gasteiger partial charge in [-0.2, -0.15) is 0 Å². The summed E-state index contributed by atoms with van der Waals surface area (Å²) in [6.45, 7) is 3.34. The van der Waals surface area contributed by atoms with Crippen molar-refractivity contribution in [2.45, 2.75) is 26.6 Å². The zero-order chi connectivity index (χ0) is 13.7. The molecule has 1 aliphatic rings. The normalized spacial score (nSPS) is 21.5. The van der Waals surface area contributed by atoms with E-state index in [0.717, 1.165) is 17.7 Å². The molecule has 0 spiro atoms. The monoisotopic (exact) mass is 254 g/mol. The smallest absolute Gasteiger partial charge is 0.213 e. The summed E-state index contributed by atoms with van der Waals surface area (Å²) in [6.07, 6.45) is 0.491. The van der Waals surface area contributed by atoms with Gasteiger partial charge in [0.25, 0.3) is 0 Å². The quantitative estimate of drug-likeness (QED) is 0.569. The molecule has 18 heavy (non-hydrogen) atoms. The van der Waals surface area contributed by atoms with E-state index < -0.39 is 6.30 Å². The van der Waals surface area contributed by atoms with Crippen LogP contribution in [-0.4, -0.2) is 31.7 Å². The van der Waals surface area contributed by atoms with Crippen molar-refractivity contribution < 1.29 is 13.9 Å². The minimum Gasteiger partial charge on any atom is -0.481 e. The number of halogens is 1. The summed E-state index contributed by atoms with van der Waals surface area (Å²) in [7, 11) is 3.34. The number of hydrogen-bond donors (Lipinski definition) is 0. The maximum atomic E-state index is 13.7. The minimum atomic E-state index is -0.923. The number of hydrogen-bond acceptors (Lipinski definition) is 4. The lowest BCUT2D eigenvalue weighted by atomic mass is 9.97. The number of ether oxygens (including phenoxy) is 1. The lowest BCUT2D eigenvalue weighted by Crippen LogP contribution is -2.39. The molecular formula is C13H19FN2O2. The standard InChI is InChI=1S/C11H15FN2O.C2H4O/c1-7-6-8-9(14(2)11(7)12)4-5-10(13-8)15-3;1-2-3/h4-5,7,11H,6H2,1-3H3;2H,1H3/t7?,11-;/m1./s1. The SMILES string of the molecule is CC=O.COc1ccc2c(n1)CC(C)[C@H](F)N2C. The van der Waals surface area contributed by atoms with E-state index in [9.17, 15) is 4.39 Å². The lowest BCUT2D eigenvalue weighted by Gasteiger charge is -2.34. The van der Waals surface area contributed by atoms with Gasteiger partial charge in [0, 0.05) is 19.0 Å². The van der Waals surface area contributed by atoms with Crippen LogP contribution in [-0.2, 0) is 11.2 Å². The topological polar surface area (TPSA) is 42.4 Å². The molecule has 1 unspecified atom stereocenters. The van der Waals surface area contributed by atoms with Gasteiger partial charge in [-0.15, -0.1) is 0 Å². The van der Waals surface area contributed by atoms with E-state index in [1.165, 1.54) is 6.92 Å². The summed E-state index contributed by atoms with van der Waals surface area (Å²) < 4.78 is 18.8. The van der Waals surface area contributed by atoms with Crippen molar-refractivity contribution in [2.75, 3.05) is 19.1 Å². The van der Waals surface area contributed by atoms with Gasteiger partial charge in [-0.05, 0) is 19.4 Å². The number of methoxy groups -OCH3 is 1.